The normalized spacial score (nSPS) is 15.3. The fraction of sp³-hybridized carbons (Fsp3) is 0.407. The van der Waals surface area contributed by atoms with Crippen LogP contribution >= 0.6 is 11.6 Å². The van der Waals surface area contributed by atoms with Gasteiger partial charge in [-0.05, 0) is 44.5 Å². The van der Waals surface area contributed by atoms with E-state index in [0.29, 0.717) is 31.5 Å². The average molecular weight is 528 g/mol. The maximum absolute atomic E-state index is 12.3. The summed E-state index contributed by atoms with van der Waals surface area (Å²) in [5.74, 6) is 0.288. The molecule has 1 aliphatic heterocycles. The molecule has 1 heterocycles. The number of hydrogen-bond donors (Lipinski definition) is 1. The van der Waals surface area contributed by atoms with Gasteiger partial charge in [0, 0.05) is 44.0 Å². The van der Waals surface area contributed by atoms with Gasteiger partial charge in [0.1, 0.15) is 17.5 Å². The number of aliphatic hydroxyl groups is 1. The molecule has 9 nitrogen and oxygen atoms in total. The zero-order valence-corrected chi connectivity index (χ0v) is 21.8. The predicted octanol–water partition coefficient (Wildman–Crippen LogP) is 5.51. The lowest BCUT2D eigenvalue weighted by atomic mass is 10.0. The fourth-order valence-corrected chi connectivity index (χ4v) is 4.10. The molecule has 196 valence electrons. The molecule has 3 rings (SSSR count). The van der Waals surface area contributed by atoms with E-state index in [-0.39, 0.29) is 40.6 Å². The summed E-state index contributed by atoms with van der Waals surface area (Å²) < 4.78 is 11.5. The van der Waals surface area contributed by atoms with Crippen molar-refractivity contribution >= 4 is 29.5 Å². The second-order valence-electron chi connectivity index (χ2n) is 9.82. The predicted molar refractivity (Wildman–Crippen MR) is 139 cm³/mol. The van der Waals surface area contributed by atoms with Crippen LogP contribution in [-0.4, -0.2) is 51.9 Å². The number of benzene rings is 2. The summed E-state index contributed by atoms with van der Waals surface area (Å²) in [7, 11) is 0. The lowest BCUT2D eigenvalue weighted by Gasteiger charge is -2.33. The highest BCUT2D eigenvalue weighted by Gasteiger charge is 2.29. The molecule has 1 atom stereocenters. The Bertz CT molecular complexity index is 1210. The average Bonchev–Trinajstić information content (AvgIpc) is 2.84. The first-order valence-electron chi connectivity index (χ1n) is 11.9. The van der Waals surface area contributed by atoms with Crippen LogP contribution in [0.5, 0.6) is 5.75 Å². The number of aliphatic hydroxyl groups excluding tert-OH is 1. The van der Waals surface area contributed by atoms with Gasteiger partial charge in [0.05, 0.1) is 27.7 Å². The van der Waals surface area contributed by atoms with Gasteiger partial charge in [0.15, 0.2) is 0 Å². The standard InChI is InChI=1S/C27H30ClN3O6/c1-27(2,3)37-26(33)30-11-9-22(10-12-30)36-25-15-20(24(31(34)35)16-23(25)28)14-21(32)8-7-18-5-4-6-19(13-18)17-29/h4-8,13,15-16,21-22,32H,9-12,14H2,1-3H3/b8-7+. The number of carbonyl (C=O) groups is 1. The number of piperidine rings is 1. The van der Waals surface area contributed by atoms with Crippen LogP contribution in [0.4, 0.5) is 10.5 Å². The van der Waals surface area contributed by atoms with Crippen molar-refractivity contribution in [2.24, 2.45) is 0 Å². The van der Waals surface area contributed by atoms with E-state index in [4.69, 9.17) is 26.3 Å². The van der Waals surface area contributed by atoms with Gasteiger partial charge in [-0.3, -0.25) is 10.1 Å². The van der Waals surface area contributed by atoms with E-state index in [2.05, 4.69) is 6.07 Å². The Kier molecular flexibility index (Phi) is 9.14. The van der Waals surface area contributed by atoms with Crippen molar-refractivity contribution in [3.8, 4) is 11.8 Å². The summed E-state index contributed by atoms with van der Waals surface area (Å²) in [5.41, 5.74) is 0.705. The molecule has 1 amide bonds. The minimum atomic E-state index is -1.02. The van der Waals surface area contributed by atoms with E-state index in [9.17, 15) is 20.0 Å². The van der Waals surface area contributed by atoms with Crippen molar-refractivity contribution in [3.63, 3.8) is 0 Å². The SMILES string of the molecule is CC(C)(C)OC(=O)N1CCC(Oc2cc(CC(O)/C=C/c3cccc(C#N)c3)c([N+](=O)[O-])cc2Cl)CC1. The molecule has 0 radical (unpaired) electrons. The largest absolute Gasteiger partial charge is 0.489 e. The molecule has 1 N–H and O–H groups in total. The first-order chi connectivity index (χ1) is 17.4. The number of hydrogen-bond acceptors (Lipinski definition) is 7. The third kappa shape index (κ3) is 8.20. The second-order valence-corrected chi connectivity index (χ2v) is 10.2. The van der Waals surface area contributed by atoms with E-state index >= 15 is 0 Å². The molecule has 0 bridgehead atoms. The third-order valence-corrected chi connectivity index (χ3v) is 5.97. The van der Waals surface area contributed by atoms with Crippen molar-refractivity contribution in [3.05, 3.63) is 74.3 Å². The van der Waals surface area contributed by atoms with Crippen molar-refractivity contribution in [1.82, 2.24) is 4.90 Å². The number of carbonyl (C=O) groups excluding carboxylic acids is 1. The van der Waals surface area contributed by atoms with Crippen molar-refractivity contribution in [2.75, 3.05) is 13.1 Å². The van der Waals surface area contributed by atoms with E-state index < -0.39 is 16.6 Å². The van der Waals surface area contributed by atoms with E-state index in [0.717, 1.165) is 5.56 Å². The molecule has 1 aliphatic rings. The third-order valence-electron chi connectivity index (χ3n) is 5.67. The Hall–Kier alpha value is -3.61. The van der Waals surface area contributed by atoms with E-state index in [1.54, 1.807) is 35.2 Å². The van der Waals surface area contributed by atoms with E-state index in [1.165, 1.54) is 18.2 Å². The van der Waals surface area contributed by atoms with Gasteiger partial charge in [0.2, 0.25) is 0 Å². The van der Waals surface area contributed by atoms with Crippen molar-refractivity contribution < 1.29 is 24.3 Å². The summed E-state index contributed by atoms with van der Waals surface area (Å²) in [6.45, 7) is 6.34. The Morgan fingerprint density at radius 2 is 2.03 bits per heavy atom. The van der Waals surface area contributed by atoms with Crippen molar-refractivity contribution in [2.45, 2.75) is 57.8 Å². The summed E-state index contributed by atoms with van der Waals surface area (Å²) in [6.07, 6.45) is 2.62. The number of nitro benzene ring substituents is 1. The molecule has 0 spiro atoms. The molecule has 1 saturated heterocycles. The first kappa shape index (κ1) is 28.0. The molecule has 0 aromatic heterocycles. The van der Waals surface area contributed by atoms with Crippen LogP contribution in [0, 0.1) is 21.4 Å². The molecule has 10 heteroatoms. The molecule has 1 unspecified atom stereocenters. The molecular formula is C27H30ClN3O6. The number of nitriles is 1. The Balaban J connectivity index is 1.69. The quantitative estimate of drug-likeness (QED) is 0.371. The minimum Gasteiger partial charge on any atom is -0.489 e. The molecule has 1 fully saturated rings. The first-order valence-corrected chi connectivity index (χ1v) is 12.3. The van der Waals surface area contributed by atoms with Crippen LogP contribution in [0.3, 0.4) is 0 Å². The van der Waals surface area contributed by atoms with Gasteiger partial charge in [0.25, 0.3) is 5.69 Å². The molecule has 2 aromatic carbocycles. The zero-order valence-electron chi connectivity index (χ0n) is 21.0. The highest BCUT2D eigenvalue weighted by atomic mass is 35.5. The Morgan fingerprint density at radius 1 is 1.32 bits per heavy atom. The van der Waals surface area contributed by atoms with Gasteiger partial charge in [-0.2, -0.15) is 5.26 Å². The maximum atomic E-state index is 12.3. The topological polar surface area (TPSA) is 126 Å². The van der Waals surface area contributed by atoms with Gasteiger partial charge >= 0.3 is 6.09 Å². The van der Waals surface area contributed by atoms with Gasteiger partial charge < -0.3 is 19.5 Å². The highest BCUT2D eigenvalue weighted by molar-refractivity contribution is 6.32. The van der Waals surface area contributed by atoms with Gasteiger partial charge in [-0.25, -0.2) is 4.79 Å². The van der Waals surface area contributed by atoms with Crippen LogP contribution in [0.15, 0.2) is 42.5 Å². The van der Waals surface area contributed by atoms with E-state index in [1.807, 2.05) is 20.8 Å². The number of halogens is 1. The smallest absolute Gasteiger partial charge is 0.410 e. The number of ether oxygens (including phenoxy) is 2. The minimum absolute atomic E-state index is 0.0324. The number of likely N-dealkylation sites (tertiary alicyclic amines) is 1. The maximum Gasteiger partial charge on any atom is 0.410 e. The monoisotopic (exact) mass is 527 g/mol. The van der Waals surface area contributed by atoms with Crippen LogP contribution in [-0.2, 0) is 11.2 Å². The molecular weight excluding hydrogens is 498 g/mol. The number of nitrogens with zero attached hydrogens (tertiary/aromatic N) is 3. The number of amides is 1. The number of nitro groups is 1. The summed E-state index contributed by atoms with van der Waals surface area (Å²) in [5, 5.41) is 31.3. The zero-order chi connectivity index (χ0) is 27.2. The van der Waals surface area contributed by atoms with Crippen LogP contribution in [0.2, 0.25) is 5.02 Å². The molecule has 37 heavy (non-hydrogen) atoms. The summed E-state index contributed by atoms with van der Waals surface area (Å²) >= 11 is 6.31. The lowest BCUT2D eigenvalue weighted by Crippen LogP contribution is -2.44. The van der Waals surface area contributed by atoms with Crippen LogP contribution in [0.1, 0.15) is 50.3 Å². The Labute approximate surface area is 221 Å². The van der Waals surface area contributed by atoms with Crippen LogP contribution in [0.25, 0.3) is 6.08 Å². The summed E-state index contributed by atoms with van der Waals surface area (Å²) in [6, 6.07) is 11.6. The number of rotatable bonds is 7. The van der Waals surface area contributed by atoms with Gasteiger partial charge in [-0.1, -0.05) is 35.9 Å². The highest BCUT2D eigenvalue weighted by Crippen LogP contribution is 2.35. The van der Waals surface area contributed by atoms with Gasteiger partial charge in [-0.15, -0.1) is 0 Å². The summed E-state index contributed by atoms with van der Waals surface area (Å²) in [4.78, 5) is 25.0. The molecule has 0 aliphatic carbocycles. The fourth-order valence-electron chi connectivity index (χ4n) is 3.90. The van der Waals surface area contributed by atoms with Crippen molar-refractivity contribution in [1.29, 1.82) is 5.26 Å². The second kappa shape index (κ2) is 12.1. The molecule has 2 aromatic rings. The lowest BCUT2D eigenvalue weighted by molar-refractivity contribution is -0.385. The van der Waals surface area contributed by atoms with Crippen LogP contribution < -0.4 is 4.74 Å². The Morgan fingerprint density at radius 3 is 2.65 bits per heavy atom. The molecule has 0 saturated carbocycles.